The fourth-order valence-electron chi connectivity index (χ4n) is 4.03. The Hall–Kier alpha value is -2.79. The van der Waals surface area contributed by atoms with Gasteiger partial charge in [-0.2, -0.15) is 5.26 Å². The van der Waals surface area contributed by atoms with Crippen LogP contribution in [0.1, 0.15) is 19.3 Å². The van der Waals surface area contributed by atoms with Crippen molar-refractivity contribution in [3.63, 3.8) is 0 Å². The molecule has 0 radical (unpaired) electrons. The minimum Gasteiger partial charge on any atom is -0.490 e. The lowest BCUT2D eigenvalue weighted by molar-refractivity contribution is -0.133. The van der Waals surface area contributed by atoms with Crippen LogP contribution in [0.4, 0.5) is 8.78 Å². The third-order valence-electron chi connectivity index (χ3n) is 5.57. The minimum absolute atomic E-state index is 0.00630. The quantitative estimate of drug-likeness (QED) is 0.789. The molecule has 29 heavy (non-hydrogen) atoms. The molecule has 2 aromatic rings. The molecule has 0 aliphatic carbocycles. The Morgan fingerprint density at radius 1 is 1.31 bits per heavy atom. The first-order chi connectivity index (χ1) is 14.0. The summed E-state index contributed by atoms with van der Waals surface area (Å²) in [6.45, 7) is 1.55. The van der Waals surface area contributed by atoms with E-state index in [1.165, 1.54) is 17.0 Å². The van der Waals surface area contributed by atoms with Crippen LogP contribution in [0.2, 0.25) is 0 Å². The van der Waals surface area contributed by atoms with Crippen LogP contribution < -0.4 is 4.74 Å². The van der Waals surface area contributed by atoms with E-state index in [4.69, 9.17) is 10.00 Å². The van der Waals surface area contributed by atoms with Crippen LogP contribution in [0.15, 0.2) is 30.5 Å². The van der Waals surface area contributed by atoms with Crippen molar-refractivity contribution < 1.29 is 18.3 Å². The second-order valence-electron chi connectivity index (χ2n) is 7.59. The van der Waals surface area contributed by atoms with Gasteiger partial charge < -0.3 is 9.64 Å². The lowest BCUT2D eigenvalue weighted by Gasteiger charge is -2.33. The van der Waals surface area contributed by atoms with E-state index in [-0.39, 0.29) is 37.3 Å². The van der Waals surface area contributed by atoms with Gasteiger partial charge in [-0.3, -0.25) is 14.7 Å². The van der Waals surface area contributed by atoms with E-state index >= 15 is 0 Å². The van der Waals surface area contributed by atoms with Gasteiger partial charge >= 0.3 is 0 Å². The van der Waals surface area contributed by atoms with Crippen molar-refractivity contribution >= 4 is 16.8 Å². The highest BCUT2D eigenvalue weighted by atomic mass is 19.1. The summed E-state index contributed by atoms with van der Waals surface area (Å²) in [5.41, 5.74) is 0.550. The zero-order chi connectivity index (χ0) is 20.4. The van der Waals surface area contributed by atoms with E-state index in [1.54, 1.807) is 18.3 Å². The van der Waals surface area contributed by atoms with Crippen molar-refractivity contribution in [1.29, 1.82) is 5.26 Å². The maximum absolute atomic E-state index is 13.5. The second-order valence-corrected chi connectivity index (χ2v) is 7.59. The molecule has 0 spiro atoms. The zero-order valence-corrected chi connectivity index (χ0v) is 15.9. The normalized spacial score (nSPS) is 23.3. The second kappa shape index (κ2) is 8.29. The number of rotatable bonds is 4. The number of halogens is 2. The fourth-order valence-corrected chi connectivity index (χ4v) is 4.03. The van der Waals surface area contributed by atoms with Gasteiger partial charge in [-0.1, -0.05) is 0 Å². The third-order valence-corrected chi connectivity index (χ3v) is 5.57. The molecular formula is C21H22F2N4O2. The predicted molar refractivity (Wildman–Crippen MR) is 102 cm³/mol. The number of nitrogens with zero attached hydrogens (tertiary/aromatic N) is 4. The maximum Gasteiger partial charge on any atom is 0.237 e. The molecule has 2 aliphatic rings. The first kappa shape index (κ1) is 19.5. The summed E-state index contributed by atoms with van der Waals surface area (Å²) in [6.07, 6.45) is 2.06. The number of piperidine rings is 1. The summed E-state index contributed by atoms with van der Waals surface area (Å²) in [5.74, 6) is 0.140. The molecule has 0 N–H and O–H groups in total. The number of nitriles is 1. The van der Waals surface area contributed by atoms with Gasteiger partial charge in [0, 0.05) is 37.2 Å². The average molecular weight is 400 g/mol. The van der Waals surface area contributed by atoms with Crippen molar-refractivity contribution in [2.24, 2.45) is 0 Å². The van der Waals surface area contributed by atoms with Gasteiger partial charge in [0.15, 0.2) is 0 Å². The van der Waals surface area contributed by atoms with E-state index in [9.17, 15) is 13.6 Å². The summed E-state index contributed by atoms with van der Waals surface area (Å²) in [6, 6.07) is 7.56. The van der Waals surface area contributed by atoms with Crippen LogP contribution in [0, 0.1) is 17.1 Å². The predicted octanol–water partition coefficient (Wildman–Crippen LogP) is 2.68. The molecule has 1 amide bonds. The molecule has 1 aromatic heterocycles. The Kier molecular flexibility index (Phi) is 5.58. The van der Waals surface area contributed by atoms with Crippen LogP contribution in [0.3, 0.4) is 0 Å². The third kappa shape index (κ3) is 4.30. The van der Waals surface area contributed by atoms with Crippen molar-refractivity contribution in [2.75, 3.05) is 26.2 Å². The molecule has 4 rings (SSSR count). The highest BCUT2D eigenvalue weighted by Crippen LogP contribution is 2.27. The topological polar surface area (TPSA) is 69.5 Å². The molecule has 0 bridgehead atoms. The Bertz CT molecular complexity index is 940. The molecule has 1 unspecified atom stereocenters. The number of pyridine rings is 1. The Labute approximate surface area is 167 Å². The molecule has 6 nitrogen and oxygen atoms in total. The first-order valence-corrected chi connectivity index (χ1v) is 9.80. The standard InChI is InChI=1S/C21H22F2N4O2/c22-14-1-2-18-19(10-14)25-6-3-20(18)29-17-4-7-26(8-5-17)13-21(28)27-12-15(23)9-16(27)11-24/h1-3,6,10,15-17H,4-5,7-9,12-13H2/t15-,16?/m0/s1. The lowest BCUT2D eigenvalue weighted by Crippen LogP contribution is -2.46. The van der Waals surface area contributed by atoms with Crippen LogP contribution in [0.5, 0.6) is 5.75 Å². The minimum atomic E-state index is -1.12. The van der Waals surface area contributed by atoms with Gasteiger partial charge in [-0.15, -0.1) is 0 Å². The molecule has 8 heteroatoms. The van der Waals surface area contributed by atoms with E-state index in [2.05, 4.69) is 4.98 Å². The molecular weight excluding hydrogens is 378 g/mol. The highest BCUT2D eigenvalue weighted by Gasteiger charge is 2.36. The fraction of sp³-hybridized carbons (Fsp3) is 0.476. The number of fused-ring (bicyclic) bond motifs is 1. The number of amides is 1. The number of alkyl halides is 1. The number of likely N-dealkylation sites (tertiary alicyclic amines) is 2. The average Bonchev–Trinajstić information content (AvgIpc) is 3.10. The molecule has 0 saturated carbocycles. The number of hydrogen-bond donors (Lipinski definition) is 0. The molecule has 2 fully saturated rings. The number of ether oxygens (including phenoxy) is 1. The van der Waals surface area contributed by atoms with Crippen molar-refractivity contribution in [3.8, 4) is 11.8 Å². The Morgan fingerprint density at radius 3 is 2.86 bits per heavy atom. The van der Waals surface area contributed by atoms with Gasteiger partial charge in [0.2, 0.25) is 5.91 Å². The van der Waals surface area contributed by atoms with Gasteiger partial charge in [0.25, 0.3) is 0 Å². The Balaban J connectivity index is 1.32. The van der Waals surface area contributed by atoms with E-state index in [1.807, 2.05) is 11.0 Å². The summed E-state index contributed by atoms with van der Waals surface area (Å²) in [7, 11) is 0. The number of hydrogen-bond acceptors (Lipinski definition) is 5. The molecule has 2 aliphatic heterocycles. The van der Waals surface area contributed by atoms with Crippen molar-refractivity contribution in [2.45, 2.75) is 37.6 Å². The molecule has 2 atom stereocenters. The Morgan fingerprint density at radius 2 is 2.10 bits per heavy atom. The number of carbonyl (C=O) groups excluding carboxylic acids is 1. The molecule has 152 valence electrons. The van der Waals surface area contributed by atoms with Crippen molar-refractivity contribution in [1.82, 2.24) is 14.8 Å². The maximum atomic E-state index is 13.5. The van der Waals surface area contributed by atoms with Crippen LogP contribution in [0.25, 0.3) is 10.9 Å². The monoisotopic (exact) mass is 400 g/mol. The number of benzene rings is 1. The first-order valence-electron chi connectivity index (χ1n) is 9.80. The molecule has 1 aromatic carbocycles. The van der Waals surface area contributed by atoms with Gasteiger partial charge in [0.05, 0.1) is 24.7 Å². The van der Waals surface area contributed by atoms with Crippen molar-refractivity contribution in [3.05, 3.63) is 36.3 Å². The summed E-state index contributed by atoms with van der Waals surface area (Å²) in [5, 5.41) is 9.88. The van der Waals surface area contributed by atoms with Crippen LogP contribution in [-0.4, -0.2) is 65.2 Å². The SMILES string of the molecule is N#CC1C[C@H](F)CN1C(=O)CN1CCC(Oc2ccnc3cc(F)ccc23)CC1. The highest BCUT2D eigenvalue weighted by molar-refractivity contribution is 5.84. The lowest BCUT2D eigenvalue weighted by atomic mass is 10.1. The summed E-state index contributed by atoms with van der Waals surface area (Å²) >= 11 is 0. The smallest absolute Gasteiger partial charge is 0.237 e. The van der Waals surface area contributed by atoms with E-state index < -0.39 is 12.2 Å². The van der Waals surface area contributed by atoms with Gasteiger partial charge in [-0.25, -0.2) is 8.78 Å². The molecule has 2 saturated heterocycles. The molecule has 3 heterocycles. The number of aromatic nitrogens is 1. The zero-order valence-electron chi connectivity index (χ0n) is 15.9. The summed E-state index contributed by atoms with van der Waals surface area (Å²) < 4.78 is 33.1. The summed E-state index contributed by atoms with van der Waals surface area (Å²) in [4.78, 5) is 20.0. The van der Waals surface area contributed by atoms with Crippen LogP contribution in [-0.2, 0) is 4.79 Å². The van der Waals surface area contributed by atoms with E-state index in [0.717, 1.165) is 18.2 Å². The largest absolute Gasteiger partial charge is 0.490 e. The number of carbonyl (C=O) groups is 1. The van der Waals surface area contributed by atoms with E-state index in [0.29, 0.717) is 24.4 Å². The van der Waals surface area contributed by atoms with Crippen LogP contribution >= 0.6 is 0 Å². The van der Waals surface area contributed by atoms with Gasteiger partial charge in [0.1, 0.15) is 29.9 Å². The van der Waals surface area contributed by atoms with Gasteiger partial charge in [-0.05, 0) is 31.0 Å².